The van der Waals surface area contributed by atoms with E-state index >= 15 is 0 Å². The summed E-state index contributed by atoms with van der Waals surface area (Å²) in [6, 6.07) is 0.498. The van der Waals surface area contributed by atoms with Gasteiger partial charge in [0.25, 0.3) is 0 Å². The average molecular weight is 283 g/mol. The number of nitrogens with zero attached hydrogens (tertiary/aromatic N) is 2. The van der Waals surface area contributed by atoms with Gasteiger partial charge in [-0.2, -0.15) is 0 Å². The first kappa shape index (κ1) is 14.3. The lowest BCUT2D eigenvalue weighted by molar-refractivity contribution is 0.0520. The number of esters is 1. The third kappa shape index (κ3) is 3.91. The lowest BCUT2D eigenvalue weighted by Crippen LogP contribution is -2.35. The van der Waals surface area contributed by atoms with E-state index in [9.17, 15) is 4.79 Å². The van der Waals surface area contributed by atoms with Crippen LogP contribution in [0.2, 0.25) is 0 Å². The minimum Gasteiger partial charge on any atom is -0.461 e. The fourth-order valence-corrected chi connectivity index (χ4v) is 2.89. The number of rotatable bonds is 6. The van der Waals surface area contributed by atoms with Crippen LogP contribution in [0.15, 0.2) is 5.38 Å². The molecule has 0 saturated carbocycles. The van der Waals surface area contributed by atoms with Crippen molar-refractivity contribution in [2.75, 3.05) is 31.6 Å². The summed E-state index contributed by atoms with van der Waals surface area (Å²) in [5.41, 5.74) is 0.392. The van der Waals surface area contributed by atoms with Gasteiger partial charge in [0.1, 0.15) is 0 Å². The van der Waals surface area contributed by atoms with Gasteiger partial charge in [-0.1, -0.05) is 0 Å². The fourth-order valence-electron chi connectivity index (χ4n) is 2.20. The van der Waals surface area contributed by atoms with Gasteiger partial charge in [-0.3, -0.25) is 4.90 Å². The summed E-state index contributed by atoms with van der Waals surface area (Å²) in [6.45, 7) is 7.63. The maximum atomic E-state index is 11.5. The second-order valence-electron chi connectivity index (χ2n) is 4.73. The molecule has 1 aromatic heterocycles. The molecule has 0 bridgehead atoms. The molecule has 1 fully saturated rings. The highest BCUT2D eigenvalue weighted by molar-refractivity contribution is 7.13. The molecule has 2 heterocycles. The van der Waals surface area contributed by atoms with E-state index in [4.69, 9.17) is 4.74 Å². The minimum absolute atomic E-state index is 0.348. The molecule has 0 aliphatic carbocycles. The molecule has 106 valence electrons. The van der Waals surface area contributed by atoms with E-state index in [1.54, 1.807) is 12.3 Å². The topological polar surface area (TPSA) is 54.5 Å². The highest BCUT2D eigenvalue weighted by atomic mass is 32.1. The first-order chi connectivity index (χ1) is 9.20. The number of thiazole rings is 1. The number of carbonyl (C=O) groups is 1. The van der Waals surface area contributed by atoms with E-state index in [0.29, 0.717) is 18.3 Å². The van der Waals surface area contributed by atoms with Crippen LogP contribution >= 0.6 is 11.3 Å². The zero-order valence-corrected chi connectivity index (χ0v) is 12.3. The molecule has 2 rings (SSSR count). The van der Waals surface area contributed by atoms with Gasteiger partial charge < -0.3 is 10.1 Å². The molecule has 1 unspecified atom stereocenters. The molecule has 1 aromatic rings. The first-order valence-electron chi connectivity index (χ1n) is 6.81. The summed E-state index contributed by atoms with van der Waals surface area (Å²) in [7, 11) is 0. The molecular weight excluding hydrogens is 262 g/mol. The van der Waals surface area contributed by atoms with Crippen LogP contribution in [0, 0.1) is 0 Å². The Kier molecular flexibility index (Phi) is 5.15. The first-order valence-corrected chi connectivity index (χ1v) is 7.69. The number of hydrogen-bond acceptors (Lipinski definition) is 6. The Balaban J connectivity index is 1.81. The second kappa shape index (κ2) is 6.86. The van der Waals surface area contributed by atoms with Crippen molar-refractivity contribution in [2.24, 2.45) is 0 Å². The average Bonchev–Trinajstić information content (AvgIpc) is 3.07. The number of nitrogens with one attached hydrogen (secondary N) is 1. The van der Waals surface area contributed by atoms with Crippen molar-refractivity contribution in [2.45, 2.75) is 32.7 Å². The normalized spacial score (nSPS) is 17.4. The highest BCUT2D eigenvalue weighted by Gasteiger charge is 2.18. The fraction of sp³-hybridized carbons (Fsp3) is 0.692. The molecule has 0 radical (unpaired) electrons. The molecule has 1 saturated heterocycles. The predicted molar refractivity (Wildman–Crippen MR) is 76.8 cm³/mol. The van der Waals surface area contributed by atoms with Crippen LogP contribution in [0.5, 0.6) is 0 Å². The molecule has 0 spiro atoms. The van der Waals surface area contributed by atoms with Gasteiger partial charge in [0.2, 0.25) is 0 Å². The molecule has 5 nitrogen and oxygen atoms in total. The molecule has 19 heavy (non-hydrogen) atoms. The minimum atomic E-state index is -0.348. The van der Waals surface area contributed by atoms with Crippen LogP contribution in [0.3, 0.4) is 0 Å². The van der Waals surface area contributed by atoms with E-state index in [1.165, 1.54) is 37.3 Å². The molecule has 1 aliphatic rings. The largest absolute Gasteiger partial charge is 0.461 e. The second-order valence-corrected chi connectivity index (χ2v) is 5.59. The number of carbonyl (C=O) groups excluding carboxylic acids is 1. The summed E-state index contributed by atoms with van der Waals surface area (Å²) >= 11 is 1.45. The smallest absolute Gasteiger partial charge is 0.357 e. The summed E-state index contributed by atoms with van der Waals surface area (Å²) in [4.78, 5) is 18.2. The highest BCUT2D eigenvalue weighted by Crippen LogP contribution is 2.17. The Bertz CT molecular complexity index is 416. The molecular formula is C13H21N3O2S. The quantitative estimate of drug-likeness (QED) is 0.811. The monoisotopic (exact) mass is 283 g/mol. The summed E-state index contributed by atoms with van der Waals surface area (Å²) < 4.78 is 4.92. The maximum absolute atomic E-state index is 11.5. The lowest BCUT2D eigenvalue weighted by Gasteiger charge is -2.23. The Labute approximate surface area is 118 Å². The Hall–Kier alpha value is -1.14. The summed E-state index contributed by atoms with van der Waals surface area (Å²) in [6.07, 6.45) is 2.60. The van der Waals surface area contributed by atoms with Gasteiger partial charge in [-0.05, 0) is 39.8 Å². The third-order valence-corrected chi connectivity index (χ3v) is 4.10. The summed E-state index contributed by atoms with van der Waals surface area (Å²) in [5.74, 6) is -0.348. The number of hydrogen-bond donors (Lipinski definition) is 1. The van der Waals surface area contributed by atoms with Crippen molar-refractivity contribution in [3.8, 4) is 0 Å². The standard InChI is InChI=1S/C13H21N3O2S/c1-3-18-12(17)11-9-19-13(15-11)14-8-10(2)16-6-4-5-7-16/h9-10H,3-8H2,1-2H3,(H,14,15). The van der Waals surface area contributed by atoms with E-state index in [2.05, 4.69) is 22.1 Å². The predicted octanol–water partition coefficient (Wildman–Crippen LogP) is 2.22. The van der Waals surface area contributed by atoms with Crippen LogP contribution in [0.4, 0.5) is 5.13 Å². The van der Waals surface area contributed by atoms with Crippen LogP contribution in [0.25, 0.3) is 0 Å². The lowest BCUT2D eigenvalue weighted by atomic mass is 10.3. The van der Waals surface area contributed by atoms with Crippen LogP contribution in [-0.2, 0) is 4.74 Å². The van der Waals surface area contributed by atoms with Crippen molar-refractivity contribution in [3.05, 3.63) is 11.1 Å². The zero-order chi connectivity index (χ0) is 13.7. The van der Waals surface area contributed by atoms with Crippen molar-refractivity contribution >= 4 is 22.4 Å². The van der Waals surface area contributed by atoms with Crippen molar-refractivity contribution in [3.63, 3.8) is 0 Å². The molecule has 0 amide bonds. The van der Waals surface area contributed by atoms with E-state index in [0.717, 1.165) is 11.7 Å². The van der Waals surface area contributed by atoms with Crippen LogP contribution in [0.1, 0.15) is 37.2 Å². The van der Waals surface area contributed by atoms with Gasteiger partial charge in [0.05, 0.1) is 6.61 Å². The molecule has 0 aromatic carbocycles. The van der Waals surface area contributed by atoms with E-state index in [1.807, 2.05) is 0 Å². The molecule has 1 atom stereocenters. The Morgan fingerprint density at radius 1 is 1.58 bits per heavy atom. The third-order valence-electron chi connectivity index (χ3n) is 3.30. The van der Waals surface area contributed by atoms with Crippen molar-refractivity contribution in [1.29, 1.82) is 0 Å². The number of anilines is 1. The zero-order valence-electron chi connectivity index (χ0n) is 11.5. The van der Waals surface area contributed by atoms with Gasteiger partial charge in [0, 0.05) is 18.0 Å². The molecule has 6 heteroatoms. The van der Waals surface area contributed by atoms with Crippen molar-refractivity contribution in [1.82, 2.24) is 9.88 Å². The Morgan fingerprint density at radius 3 is 3.00 bits per heavy atom. The van der Waals surface area contributed by atoms with E-state index < -0.39 is 0 Å². The van der Waals surface area contributed by atoms with Crippen LogP contribution < -0.4 is 5.32 Å². The Morgan fingerprint density at radius 2 is 2.32 bits per heavy atom. The van der Waals surface area contributed by atoms with Gasteiger partial charge in [-0.15, -0.1) is 11.3 Å². The van der Waals surface area contributed by atoms with Crippen LogP contribution in [-0.4, -0.2) is 48.1 Å². The maximum Gasteiger partial charge on any atom is 0.357 e. The SMILES string of the molecule is CCOC(=O)c1csc(NCC(C)N2CCCC2)n1. The molecule has 1 N–H and O–H groups in total. The van der Waals surface area contributed by atoms with Gasteiger partial charge in [0.15, 0.2) is 10.8 Å². The van der Waals surface area contributed by atoms with Crippen molar-refractivity contribution < 1.29 is 9.53 Å². The van der Waals surface area contributed by atoms with E-state index in [-0.39, 0.29) is 5.97 Å². The van der Waals surface area contributed by atoms with Gasteiger partial charge in [-0.25, -0.2) is 9.78 Å². The molecule has 1 aliphatic heterocycles. The van der Waals surface area contributed by atoms with Gasteiger partial charge >= 0.3 is 5.97 Å². The number of ether oxygens (including phenoxy) is 1. The number of likely N-dealkylation sites (tertiary alicyclic amines) is 1. The number of aromatic nitrogens is 1. The summed E-state index contributed by atoms with van der Waals surface area (Å²) in [5, 5.41) is 5.82.